The Morgan fingerprint density at radius 1 is 1.45 bits per heavy atom. The maximum Gasteiger partial charge on any atom is 0.266 e. The third kappa shape index (κ3) is 3.20. The summed E-state index contributed by atoms with van der Waals surface area (Å²) in [4.78, 5) is 29.7. The van der Waals surface area contributed by atoms with Gasteiger partial charge < -0.3 is 5.32 Å². The van der Waals surface area contributed by atoms with Gasteiger partial charge in [-0.1, -0.05) is 0 Å². The molecule has 2 aromatic rings. The minimum Gasteiger partial charge on any atom is -0.324 e. The van der Waals surface area contributed by atoms with Crippen LogP contribution in [0.4, 0.5) is 5.69 Å². The molecule has 0 bridgehead atoms. The molecule has 0 radical (unpaired) electrons. The summed E-state index contributed by atoms with van der Waals surface area (Å²) in [6, 6.07) is 5.17. The molecule has 0 unspecified atom stereocenters. The SMILES string of the molecule is Cn1nc2c(cc1=O)CN(CC(=O)Nc1cccnc1)CC2. The Bertz CT molecular complexity index is 741. The lowest BCUT2D eigenvalue weighted by Crippen LogP contribution is -2.38. The van der Waals surface area contributed by atoms with Gasteiger partial charge in [0, 0.05) is 38.8 Å². The van der Waals surface area contributed by atoms with Gasteiger partial charge >= 0.3 is 0 Å². The number of aromatic nitrogens is 3. The molecule has 0 saturated heterocycles. The maximum absolute atomic E-state index is 12.1. The number of nitrogens with one attached hydrogen (secondary N) is 1. The lowest BCUT2D eigenvalue weighted by molar-refractivity contribution is -0.117. The molecule has 0 aliphatic carbocycles. The highest BCUT2D eigenvalue weighted by Gasteiger charge is 2.20. The van der Waals surface area contributed by atoms with E-state index in [2.05, 4.69) is 15.4 Å². The van der Waals surface area contributed by atoms with Crippen molar-refractivity contribution in [3.63, 3.8) is 0 Å². The first-order valence-electron chi connectivity index (χ1n) is 7.10. The summed E-state index contributed by atoms with van der Waals surface area (Å²) in [5.41, 5.74) is 2.40. The molecule has 0 spiro atoms. The monoisotopic (exact) mass is 299 g/mol. The van der Waals surface area contributed by atoms with Crippen LogP contribution in [-0.2, 0) is 24.8 Å². The van der Waals surface area contributed by atoms with Gasteiger partial charge in [0.1, 0.15) is 0 Å². The first-order valence-corrected chi connectivity index (χ1v) is 7.10. The summed E-state index contributed by atoms with van der Waals surface area (Å²) < 4.78 is 1.35. The molecule has 3 heterocycles. The molecule has 7 heteroatoms. The van der Waals surface area contributed by atoms with E-state index in [4.69, 9.17) is 0 Å². The van der Waals surface area contributed by atoms with Crippen LogP contribution in [0.1, 0.15) is 11.3 Å². The average molecular weight is 299 g/mol. The first kappa shape index (κ1) is 14.4. The molecule has 22 heavy (non-hydrogen) atoms. The summed E-state index contributed by atoms with van der Waals surface area (Å²) in [5.74, 6) is -0.0896. The number of nitrogens with zero attached hydrogens (tertiary/aromatic N) is 4. The summed E-state index contributed by atoms with van der Waals surface area (Å²) in [6.07, 6.45) is 4.01. The Labute approximate surface area is 127 Å². The van der Waals surface area contributed by atoms with Crippen molar-refractivity contribution in [3.05, 3.63) is 52.2 Å². The smallest absolute Gasteiger partial charge is 0.266 e. The Kier molecular flexibility index (Phi) is 3.97. The van der Waals surface area contributed by atoms with Gasteiger partial charge in [-0.3, -0.25) is 19.5 Å². The van der Waals surface area contributed by atoms with E-state index < -0.39 is 0 Å². The molecule has 0 atom stereocenters. The van der Waals surface area contributed by atoms with Crippen LogP contribution >= 0.6 is 0 Å². The second-order valence-corrected chi connectivity index (χ2v) is 5.33. The van der Waals surface area contributed by atoms with Gasteiger partial charge in [-0.05, 0) is 17.7 Å². The van der Waals surface area contributed by atoms with Crippen molar-refractivity contribution in [2.75, 3.05) is 18.4 Å². The average Bonchev–Trinajstić information content (AvgIpc) is 2.49. The number of carbonyl (C=O) groups is 1. The second-order valence-electron chi connectivity index (χ2n) is 5.33. The van der Waals surface area contributed by atoms with Crippen LogP contribution in [0.3, 0.4) is 0 Å². The molecular formula is C15H17N5O2. The topological polar surface area (TPSA) is 80.1 Å². The van der Waals surface area contributed by atoms with Gasteiger partial charge in [-0.2, -0.15) is 5.10 Å². The standard InChI is InChI=1S/C15H17N5O2/c1-19-15(22)7-11-9-20(6-4-13(11)18-19)10-14(21)17-12-3-2-5-16-8-12/h2-3,5,7-8H,4,6,9-10H2,1H3,(H,17,21). The van der Waals surface area contributed by atoms with Gasteiger partial charge in [-0.25, -0.2) is 4.68 Å². The highest BCUT2D eigenvalue weighted by atomic mass is 16.2. The third-order valence-corrected chi connectivity index (χ3v) is 3.63. The zero-order valence-electron chi connectivity index (χ0n) is 12.3. The minimum atomic E-state index is -0.125. The zero-order valence-corrected chi connectivity index (χ0v) is 12.3. The van der Waals surface area contributed by atoms with Gasteiger partial charge in [0.05, 0.1) is 24.1 Å². The van der Waals surface area contributed by atoms with Crippen LogP contribution in [0.25, 0.3) is 0 Å². The van der Waals surface area contributed by atoms with E-state index in [1.165, 1.54) is 4.68 Å². The van der Waals surface area contributed by atoms with Crippen molar-refractivity contribution in [3.8, 4) is 0 Å². The number of rotatable bonds is 3. The van der Waals surface area contributed by atoms with Crippen molar-refractivity contribution in [2.24, 2.45) is 7.05 Å². The molecular weight excluding hydrogens is 282 g/mol. The van der Waals surface area contributed by atoms with Gasteiger partial charge in [0.2, 0.25) is 5.91 Å². The van der Waals surface area contributed by atoms with Crippen molar-refractivity contribution in [2.45, 2.75) is 13.0 Å². The van der Waals surface area contributed by atoms with Gasteiger partial charge in [0.15, 0.2) is 0 Å². The predicted molar refractivity (Wildman–Crippen MR) is 81.3 cm³/mol. The lowest BCUT2D eigenvalue weighted by atomic mass is 10.1. The molecule has 1 amide bonds. The molecule has 0 saturated carbocycles. The van der Waals surface area contributed by atoms with Crippen LogP contribution in [0.5, 0.6) is 0 Å². The molecule has 1 N–H and O–H groups in total. The van der Waals surface area contributed by atoms with Crippen LogP contribution < -0.4 is 10.9 Å². The van der Waals surface area contributed by atoms with E-state index in [1.807, 2.05) is 4.90 Å². The molecule has 3 rings (SSSR count). The van der Waals surface area contributed by atoms with Crippen molar-refractivity contribution in [1.29, 1.82) is 0 Å². The van der Waals surface area contributed by atoms with E-state index in [0.717, 1.165) is 24.2 Å². The number of aryl methyl sites for hydroxylation is 1. The van der Waals surface area contributed by atoms with Crippen molar-refractivity contribution < 1.29 is 4.79 Å². The Morgan fingerprint density at radius 3 is 3.09 bits per heavy atom. The number of amides is 1. The van der Waals surface area contributed by atoms with E-state index in [0.29, 0.717) is 12.2 Å². The maximum atomic E-state index is 12.1. The third-order valence-electron chi connectivity index (χ3n) is 3.63. The Morgan fingerprint density at radius 2 is 2.32 bits per heavy atom. The molecule has 2 aromatic heterocycles. The molecule has 7 nitrogen and oxygen atoms in total. The summed E-state index contributed by atoms with van der Waals surface area (Å²) in [7, 11) is 1.65. The highest BCUT2D eigenvalue weighted by molar-refractivity contribution is 5.92. The fraction of sp³-hybridized carbons (Fsp3) is 0.333. The minimum absolute atomic E-state index is 0.0896. The fourth-order valence-electron chi connectivity index (χ4n) is 2.53. The molecule has 1 aliphatic heterocycles. The predicted octanol–water partition coefficient (Wildman–Crippen LogP) is 0.172. The quantitative estimate of drug-likeness (QED) is 0.874. The summed E-state index contributed by atoms with van der Waals surface area (Å²) >= 11 is 0. The van der Waals surface area contributed by atoms with Crippen molar-refractivity contribution >= 4 is 11.6 Å². The van der Waals surface area contributed by atoms with E-state index in [9.17, 15) is 9.59 Å². The lowest BCUT2D eigenvalue weighted by Gasteiger charge is -2.27. The Hall–Kier alpha value is -2.54. The summed E-state index contributed by atoms with van der Waals surface area (Å²) in [6.45, 7) is 1.60. The Balaban J connectivity index is 1.64. The fourth-order valence-corrected chi connectivity index (χ4v) is 2.53. The van der Waals surface area contributed by atoms with Crippen LogP contribution in [0.2, 0.25) is 0 Å². The first-order chi connectivity index (χ1) is 10.6. The zero-order chi connectivity index (χ0) is 15.5. The number of pyridine rings is 1. The molecule has 1 aliphatic rings. The van der Waals surface area contributed by atoms with Gasteiger partial charge in [-0.15, -0.1) is 0 Å². The van der Waals surface area contributed by atoms with Crippen LogP contribution in [0.15, 0.2) is 35.4 Å². The van der Waals surface area contributed by atoms with E-state index in [1.54, 1.807) is 37.6 Å². The highest BCUT2D eigenvalue weighted by Crippen LogP contribution is 2.14. The number of hydrogen-bond acceptors (Lipinski definition) is 5. The normalized spacial score (nSPS) is 14.4. The van der Waals surface area contributed by atoms with Crippen LogP contribution in [-0.4, -0.2) is 38.7 Å². The largest absolute Gasteiger partial charge is 0.324 e. The van der Waals surface area contributed by atoms with E-state index in [-0.39, 0.29) is 18.0 Å². The number of hydrogen-bond donors (Lipinski definition) is 1. The second kappa shape index (κ2) is 6.07. The molecule has 114 valence electrons. The van der Waals surface area contributed by atoms with Crippen LogP contribution in [0, 0.1) is 0 Å². The molecule has 0 fully saturated rings. The van der Waals surface area contributed by atoms with E-state index >= 15 is 0 Å². The number of fused-ring (bicyclic) bond motifs is 1. The molecule has 0 aromatic carbocycles. The van der Waals surface area contributed by atoms with Crippen molar-refractivity contribution in [1.82, 2.24) is 19.7 Å². The van der Waals surface area contributed by atoms with Gasteiger partial charge in [0.25, 0.3) is 5.56 Å². The summed E-state index contributed by atoms with van der Waals surface area (Å²) in [5, 5.41) is 7.07. The number of carbonyl (C=O) groups excluding carboxylic acids is 1. The number of anilines is 1.